The second-order valence-electron chi connectivity index (χ2n) is 6.11. The highest BCUT2D eigenvalue weighted by Crippen LogP contribution is 2.26. The van der Waals surface area contributed by atoms with Crippen LogP contribution < -0.4 is 5.73 Å². The molecule has 0 spiro atoms. The molecule has 1 aliphatic rings. The molecule has 0 bridgehead atoms. The lowest BCUT2D eigenvalue weighted by atomic mass is 9.94. The number of β-amino-alcohol motifs (C(OH)–C–C–N with tert-alkyl or cyclic N) is 1. The van der Waals surface area contributed by atoms with Gasteiger partial charge < -0.3 is 10.8 Å². The molecule has 102 valence electrons. The van der Waals surface area contributed by atoms with E-state index in [0.717, 1.165) is 13.1 Å². The van der Waals surface area contributed by atoms with Crippen molar-refractivity contribution in [1.29, 1.82) is 0 Å². The van der Waals surface area contributed by atoms with Crippen molar-refractivity contribution in [2.75, 3.05) is 13.1 Å². The molecule has 0 saturated carbocycles. The third kappa shape index (κ3) is 4.57. The van der Waals surface area contributed by atoms with Crippen LogP contribution in [-0.4, -0.2) is 40.8 Å². The van der Waals surface area contributed by atoms with E-state index >= 15 is 0 Å². The number of hydrogen-bond acceptors (Lipinski definition) is 3. The number of aliphatic hydroxyl groups excluding tert-OH is 1. The van der Waals surface area contributed by atoms with E-state index in [2.05, 4.69) is 25.7 Å². The van der Waals surface area contributed by atoms with Crippen molar-refractivity contribution in [1.82, 2.24) is 4.90 Å². The summed E-state index contributed by atoms with van der Waals surface area (Å²) >= 11 is 0. The predicted molar refractivity (Wildman–Crippen MR) is 73.0 cm³/mol. The molecule has 1 rings (SSSR count). The van der Waals surface area contributed by atoms with Crippen LogP contribution in [0.2, 0.25) is 0 Å². The van der Waals surface area contributed by atoms with Crippen LogP contribution >= 0.6 is 0 Å². The summed E-state index contributed by atoms with van der Waals surface area (Å²) in [6.07, 6.45) is 7.50. The quantitative estimate of drug-likeness (QED) is 0.672. The Hall–Kier alpha value is -0.120. The number of nitrogens with zero attached hydrogens (tertiary/aromatic N) is 1. The summed E-state index contributed by atoms with van der Waals surface area (Å²) in [6, 6.07) is -0.0608. The van der Waals surface area contributed by atoms with Crippen LogP contribution in [0.5, 0.6) is 0 Å². The average Bonchev–Trinajstić information content (AvgIpc) is 2.60. The molecule has 0 amide bonds. The van der Waals surface area contributed by atoms with Gasteiger partial charge in [0, 0.05) is 24.7 Å². The Labute approximate surface area is 106 Å². The average molecular weight is 242 g/mol. The Bertz CT molecular complexity index is 208. The predicted octanol–water partition coefficient (Wildman–Crippen LogP) is 2.13. The number of likely N-dealkylation sites (tertiary alicyclic amines) is 1. The van der Waals surface area contributed by atoms with Gasteiger partial charge in [0.2, 0.25) is 0 Å². The summed E-state index contributed by atoms with van der Waals surface area (Å²) in [5.41, 5.74) is 6.05. The minimum atomic E-state index is -0.339. The van der Waals surface area contributed by atoms with Gasteiger partial charge in [-0.3, -0.25) is 4.90 Å². The molecule has 0 aromatic rings. The maximum Gasteiger partial charge on any atom is 0.0830 e. The normalized spacial score (nSPS) is 26.6. The molecular weight excluding hydrogens is 212 g/mol. The zero-order valence-electron chi connectivity index (χ0n) is 11.8. The topological polar surface area (TPSA) is 49.5 Å². The van der Waals surface area contributed by atoms with Crippen molar-refractivity contribution in [3.05, 3.63) is 0 Å². The number of unbranched alkanes of at least 4 members (excludes halogenated alkanes) is 4. The molecule has 0 aromatic heterocycles. The molecule has 1 fully saturated rings. The van der Waals surface area contributed by atoms with Gasteiger partial charge in [0.1, 0.15) is 0 Å². The van der Waals surface area contributed by atoms with Gasteiger partial charge in [-0.15, -0.1) is 0 Å². The summed E-state index contributed by atoms with van der Waals surface area (Å²) in [7, 11) is 0. The van der Waals surface area contributed by atoms with Gasteiger partial charge in [0.05, 0.1) is 6.10 Å². The van der Waals surface area contributed by atoms with Crippen LogP contribution in [0, 0.1) is 0 Å². The smallest absolute Gasteiger partial charge is 0.0830 e. The van der Waals surface area contributed by atoms with Gasteiger partial charge in [-0.05, 0) is 20.3 Å². The fourth-order valence-electron chi connectivity index (χ4n) is 2.63. The molecule has 0 aliphatic carbocycles. The summed E-state index contributed by atoms with van der Waals surface area (Å²) in [6.45, 7) is 8.37. The molecule has 0 aromatic carbocycles. The fraction of sp³-hybridized carbons (Fsp3) is 1.00. The maximum absolute atomic E-state index is 9.71. The lowest BCUT2D eigenvalue weighted by Crippen LogP contribution is -2.43. The molecule has 3 nitrogen and oxygen atoms in total. The Morgan fingerprint density at radius 2 is 1.82 bits per heavy atom. The van der Waals surface area contributed by atoms with Crippen LogP contribution in [0.4, 0.5) is 0 Å². The summed E-state index contributed by atoms with van der Waals surface area (Å²) in [4.78, 5) is 2.35. The number of hydrogen-bond donors (Lipinski definition) is 2. The van der Waals surface area contributed by atoms with E-state index in [-0.39, 0.29) is 17.7 Å². The van der Waals surface area contributed by atoms with Crippen LogP contribution in [0.1, 0.15) is 59.3 Å². The van der Waals surface area contributed by atoms with Crippen molar-refractivity contribution in [2.45, 2.75) is 77.0 Å². The van der Waals surface area contributed by atoms with Gasteiger partial charge in [0.25, 0.3) is 0 Å². The highest BCUT2D eigenvalue weighted by molar-refractivity contribution is 4.94. The van der Waals surface area contributed by atoms with Crippen LogP contribution in [-0.2, 0) is 0 Å². The largest absolute Gasteiger partial charge is 0.390 e. The molecule has 2 atom stereocenters. The maximum atomic E-state index is 9.71. The monoisotopic (exact) mass is 242 g/mol. The number of nitrogens with two attached hydrogens (primary N) is 1. The second kappa shape index (κ2) is 6.72. The highest BCUT2D eigenvalue weighted by Gasteiger charge is 2.36. The van der Waals surface area contributed by atoms with E-state index in [1.165, 1.54) is 38.5 Å². The zero-order chi connectivity index (χ0) is 12.9. The highest BCUT2D eigenvalue weighted by atomic mass is 16.3. The fourth-order valence-corrected chi connectivity index (χ4v) is 2.63. The molecule has 17 heavy (non-hydrogen) atoms. The summed E-state index contributed by atoms with van der Waals surface area (Å²) in [5.74, 6) is 0. The second-order valence-corrected chi connectivity index (χ2v) is 6.11. The molecule has 1 aliphatic heterocycles. The van der Waals surface area contributed by atoms with Crippen LogP contribution in [0.3, 0.4) is 0 Å². The molecule has 1 heterocycles. The van der Waals surface area contributed by atoms with E-state index in [0.29, 0.717) is 0 Å². The molecule has 0 radical (unpaired) electrons. The zero-order valence-corrected chi connectivity index (χ0v) is 11.8. The standard InChI is InChI=1S/C14H30N2O/c1-4-5-6-7-8-9-14(2,3)16-10-12(15)13(17)11-16/h12-13,17H,4-11,15H2,1-3H3. The summed E-state index contributed by atoms with van der Waals surface area (Å²) in [5, 5.41) is 9.71. The molecule has 3 N–H and O–H groups in total. The number of rotatable bonds is 7. The third-order valence-electron chi connectivity index (χ3n) is 4.08. The lowest BCUT2D eigenvalue weighted by molar-refractivity contribution is 0.108. The minimum Gasteiger partial charge on any atom is -0.390 e. The molecule has 3 heteroatoms. The first kappa shape index (κ1) is 14.9. The Morgan fingerprint density at radius 1 is 1.18 bits per heavy atom. The minimum absolute atomic E-state index is 0.0608. The van der Waals surface area contributed by atoms with E-state index in [1.807, 2.05) is 0 Å². The first-order valence-electron chi connectivity index (χ1n) is 7.16. The SMILES string of the molecule is CCCCCCCC(C)(C)N1CC(N)C(O)C1. The Balaban J connectivity index is 2.26. The van der Waals surface area contributed by atoms with Gasteiger partial charge in [-0.2, -0.15) is 0 Å². The molecule has 2 unspecified atom stereocenters. The summed E-state index contributed by atoms with van der Waals surface area (Å²) < 4.78 is 0. The van der Waals surface area contributed by atoms with Gasteiger partial charge in [-0.25, -0.2) is 0 Å². The lowest BCUT2D eigenvalue weighted by Gasteiger charge is -2.35. The van der Waals surface area contributed by atoms with Crippen molar-refractivity contribution in [2.24, 2.45) is 5.73 Å². The van der Waals surface area contributed by atoms with Gasteiger partial charge in [0.15, 0.2) is 0 Å². The Morgan fingerprint density at radius 3 is 2.35 bits per heavy atom. The number of aliphatic hydroxyl groups is 1. The van der Waals surface area contributed by atoms with E-state index < -0.39 is 0 Å². The van der Waals surface area contributed by atoms with Crippen molar-refractivity contribution >= 4 is 0 Å². The van der Waals surface area contributed by atoms with E-state index in [4.69, 9.17) is 5.73 Å². The first-order valence-corrected chi connectivity index (χ1v) is 7.16. The van der Waals surface area contributed by atoms with E-state index in [9.17, 15) is 5.11 Å². The molecule has 1 saturated heterocycles. The van der Waals surface area contributed by atoms with Gasteiger partial charge in [-0.1, -0.05) is 39.0 Å². The molecular formula is C14H30N2O. The van der Waals surface area contributed by atoms with Crippen molar-refractivity contribution < 1.29 is 5.11 Å². The van der Waals surface area contributed by atoms with Crippen LogP contribution in [0.25, 0.3) is 0 Å². The van der Waals surface area contributed by atoms with E-state index in [1.54, 1.807) is 0 Å². The van der Waals surface area contributed by atoms with Crippen molar-refractivity contribution in [3.63, 3.8) is 0 Å². The Kier molecular flexibility index (Phi) is 5.90. The third-order valence-corrected chi connectivity index (χ3v) is 4.08. The first-order chi connectivity index (χ1) is 7.97. The van der Waals surface area contributed by atoms with Crippen LogP contribution in [0.15, 0.2) is 0 Å². The van der Waals surface area contributed by atoms with Crippen molar-refractivity contribution in [3.8, 4) is 0 Å². The van der Waals surface area contributed by atoms with Gasteiger partial charge >= 0.3 is 0 Å².